The van der Waals surface area contributed by atoms with Crippen molar-refractivity contribution in [2.24, 2.45) is 5.92 Å². The van der Waals surface area contributed by atoms with Gasteiger partial charge in [0.15, 0.2) is 12.4 Å². The van der Waals surface area contributed by atoms with Crippen LogP contribution in [-0.4, -0.2) is 47.3 Å². The Balaban J connectivity index is 1.90. The lowest BCUT2D eigenvalue weighted by molar-refractivity contribution is -0.146. The standard InChI is InChI=1S/C19H23FN2O5/c1-12(2)7-8-19(3)17(25)22(18(26)21-19)10-16(24)27-11-15(23)13-5-4-6-14(20)9-13/h4-6,9,12H,7-8,10-11H2,1-3H3,(H,21,26)/t19-/m0/s1. The lowest BCUT2D eigenvalue weighted by Crippen LogP contribution is -2.44. The fraction of sp³-hybridized carbons (Fsp3) is 0.474. The van der Waals surface area contributed by atoms with Crippen LogP contribution in [-0.2, 0) is 14.3 Å². The lowest BCUT2D eigenvalue weighted by atomic mass is 9.92. The van der Waals surface area contributed by atoms with Crippen LogP contribution in [0.5, 0.6) is 0 Å². The monoisotopic (exact) mass is 378 g/mol. The minimum Gasteiger partial charge on any atom is -0.456 e. The number of amides is 3. The number of nitrogens with one attached hydrogen (secondary N) is 1. The second-order valence-corrected chi connectivity index (χ2v) is 7.18. The molecule has 3 amide bonds. The Labute approximate surface area is 156 Å². The van der Waals surface area contributed by atoms with Crippen molar-refractivity contribution in [2.75, 3.05) is 13.2 Å². The molecule has 0 unspecified atom stereocenters. The van der Waals surface area contributed by atoms with E-state index in [0.717, 1.165) is 17.4 Å². The zero-order valence-corrected chi connectivity index (χ0v) is 15.6. The van der Waals surface area contributed by atoms with Gasteiger partial charge >= 0.3 is 12.0 Å². The van der Waals surface area contributed by atoms with E-state index < -0.39 is 48.2 Å². The number of nitrogens with zero attached hydrogens (tertiary/aromatic N) is 1. The third-order valence-corrected chi connectivity index (χ3v) is 4.36. The summed E-state index contributed by atoms with van der Waals surface area (Å²) < 4.78 is 18.0. The van der Waals surface area contributed by atoms with Crippen molar-refractivity contribution in [2.45, 2.75) is 39.2 Å². The molecule has 1 aliphatic rings. The minimum absolute atomic E-state index is 0.0686. The highest BCUT2D eigenvalue weighted by Gasteiger charge is 2.48. The first-order valence-electron chi connectivity index (χ1n) is 8.71. The van der Waals surface area contributed by atoms with Gasteiger partial charge in [0.1, 0.15) is 17.9 Å². The van der Waals surface area contributed by atoms with Crippen molar-refractivity contribution in [3.63, 3.8) is 0 Å². The number of rotatable bonds is 8. The van der Waals surface area contributed by atoms with Crippen LogP contribution in [0.2, 0.25) is 0 Å². The van der Waals surface area contributed by atoms with Gasteiger partial charge in [0.05, 0.1) is 0 Å². The first-order chi connectivity index (χ1) is 12.6. The maximum absolute atomic E-state index is 13.1. The van der Waals surface area contributed by atoms with E-state index in [1.807, 2.05) is 13.8 Å². The van der Waals surface area contributed by atoms with E-state index in [9.17, 15) is 23.6 Å². The Morgan fingerprint density at radius 2 is 2.00 bits per heavy atom. The van der Waals surface area contributed by atoms with Gasteiger partial charge < -0.3 is 10.1 Å². The van der Waals surface area contributed by atoms with Crippen LogP contribution in [0.25, 0.3) is 0 Å². The molecule has 1 N–H and O–H groups in total. The molecule has 7 nitrogen and oxygen atoms in total. The molecule has 0 aromatic heterocycles. The molecule has 1 aliphatic heterocycles. The molecule has 1 saturated heterocycles. The Morgan fingerprint density at radius 3 is 2.63 bits per heavy atom. The number of esters is 1. The van der Waals surface area contributed by atoms with E-state index in [2.05, 4.69) is 5.32 Å². The molecule has 8 heteroatoms. The van der Waals surface area contributed by atoms with E-state index in [0.29, 0.717) is 12.3 Å². The highest BCUT2D eigenvalue weighted by Crippen LogP contribution is 2.24. The molecule has 0 radical (unpaired) electrons. The largest absolute Gasteiger partial charge is 0.456 e. The van der Waals surface area contributed by atoms with Gasteiger partial charge in [-0.1, -0.05) is 26.0 Å². The first-order valence-corrected chi connectivity index (χ1v) is 8.71. The van der Waals surface area contributed by atoms with Crippen LogP contribution in [0.15, 0.2) is 24.3 Å². The molecule has 1 fully saturated rings. The molecule has 0 bridgehead atoms. The maximum atomic E-state index is 13.1. The van der Waals surface area contributed by atoms with E-state index in [4.69, 9.17) is 4.74 Å². The first kappa shape index (κ1) is 20.5. The second-order valence-electron chi connectivity index (χ2n) is 7.18. The Bertz CT molecular complexity index is 764. The SMILES string of the molecule is CC(C)CC[C@]1(C)NC(=O)N(CC(=O)OCC(=O)c2cccc(F)c2)C1=O. The Kier molecular flexibility index (Phi) is 6.30. The van der Waals surface area contributed by atoms with Gasteiger partial charge in [0.25, 0.3) is 5.91 Å². The van der Waals surface area contributed by atoms with Crippen molar-refractivity contribution in [3.8, 4) is 0 Å². The minimum atomic E-state index is -1.06. The summed E-state index contributed by atoms with van der Waals surface area (Å²) in [5.74, 6) is -2.19. The van der Waals surface area contributed by atoms with E-state index >= 15 is 0 Å². The highest BCUT2D eigenvalue weighted by atomic mass is 19.1. The summed E-state index contributed by atoms with van der Waals surface area (Å²) in [5, 5.41) is 2.61. The van der Waals surface area contributed by atoms with Gasteiger partial charge in [0, 0.05) is 5.56 Å². The molecule has 2 rings (SSSR count). The van der Waals surface area contributed by atoms with Crippen LogP contribution in [0.3, 0.4) is 0 Å². The normalized spacial score (nSPS) is 19.4. The smallest absolute Gasteiger partial charge is 0.326 e. The molecular formula is C19H23FN2O5. The summed E-state index contributed by atoms with van der Waals surface area (Å²) in [5.41, 5.74) is -0.988. The van der Waals surface area contributed by atoms with E-state index in [-0.39, 0.29) is 5.56 Å². The summed E-state index contributed by atoms with van der Waals surface area (Å²) >= 11 is 0. The predicted octanol–water partition coefficient (Wildman–Crippen LogP) is 2.30. The van der Waals surface area contributed by atoms with Gasteiger partial charge in [-0.05, 0) is 37.8 Å². The zero-order chi connectivity index (χ0) is 20.2. The molecule has 27 heavy (non-hydrogen) atoms. The average Bonchev–Trinajstić information content (AvgIpc) is 2.81. The summed E-state index contributed by atoms with van der Waals surface area (Å²) in [6.45, 7) is 4.45. The number of ketones is 1. The second kappa shape index (κ2) is 8.28. The maximum Gasteiger partial charge on any atom is 0.326 e. The van der Waals surface area contributed by atoms with Crippen molar-refractivity contribution < 1.29 is 28.3 Å². The lowest BCUT2D eigenvalue weighted by Gasteiger charge is -2.22. The number of benzene rings is 1. The molecule has 0 aliphatic carbocycles. The number of Topliss-reactive ketones (excluding diaryl/α,β-unsaturated/α-hetero) is 1. The van der Waals surface area contributed by atoms with Crippen molar-refractivity contribution in [3.05, 3.63) is 35.6 Å². The molecule has 0 spiro atoms. The number of ether oxygens (including phenoxy) is 1. The van der Waals surface area contributed by atoms with Gasteiger partial charge in [-0.15, -0.1) is 0 Å². The molecule has 0 saturated carbocycles. The topological polar surface area (TPSA) is 92.8 Å². The zero-order valence-electron chi connectivity index (χ0n) is 15.6. The van der Waals surface area contributed by atoms with Crippen LogP contribution in [0.1, 0.15) is 44.0 Å². The quantitative estimate of drug-likeness (QED) is 0.426. The third kappa shape index (κ3) is 5.12. The molecule has 146 valence electrons. The number of carbonyl (C=O) groups excluding carboxylic acids is 4. The molecular weight excluding hydrogens is 355 g/mol. The molecule has 1 aromatic carbocycles. The van der Waals surface area contributed by atoms with Gasteiger partial charge in [-0.3, -0.25) is 19.3 Å². The number of carbonyl (C=O) groups is 4. The third-order valence-electron chi connectivity index (χ3n) is 4.36. The van der Waals surface area contributed by atoms with Crippen LogP contribution >= 0.6 is 0 Å². The van der Waals surface area contributed by atoms with Crippen LogP contribution in [0, 0.1) is 11.7 Å². The number of halogens is 1. The van der Waals surface area contributed by atoms with Gasteiger partial charge in [0.2, 0.25) is 0 Å². The summed E-state index contributed by atoms with van der Waals surface area (Å²) in [4.78, 5) is 49.2. The number of hydrogen-bond donors (Lipinski definition) is 1. The fourth-order valence-electron chi connectivity index (χ4n) is 2.70. The number of urea groups is 1. The van der Waals surface area contributed by atoms with Crippen molar-refractivity contribution >= 4 is 23.7 Å². The summed E-state index contributed by atoms with van der Waals surface area (Å²) in [7, 11) is 0. The Morgan fingerprint density at radius 1 is 1.30 bits per heavy atom. The number of hydrogen-bond acceptors (Lipinski definition) is 5. The molecule has 1 aromatic rings. The van der Waals surface area contributed by atoms with Crippen molar-refractivity contribution in [1.82, 2.24) is 10.2 Å². The molecule has 1 heterocycles. The van der Waals surface area contributed by atoms with Gasteiger partial charge in [-0.2, -0.15) is 0 Å². The van der Waals surface area contributed by atoms with Gasteiger partial charge in [-0.25, -0.2) is 9.18 Å². The van der Waals surface area contributed by atoms with E-state index in [1.165, 1.54) is 18.2 Å². The summed E-state index contributed by atoms with van der Waals surface area (Å²) in [6, 6.07) is 4.33. The molecule has 1 atom stereocenters. The summed E-state index contributed by atoms with van der Waals surface area (Å²) in [6.07, 6.45) is 1.20. The van der Waals surface area contributed by atoms with Crippen molar-refractivity contribution in [1.29, 1.82) is 0 Å². The number of imide groups is 1. The van der Waals surface area contributed by atoms with Crippen LogP contribution < -0.4 is 5.32 Å². The Hall–Kier alpha value is -2.77. The van der Waals surface area contributed by atoms with Crippen LogP contribution in [0.4, 0.5) is 9.18 Å². The average molecular weight is 378 g/mol. The highest BCUT2D eigenvalue weighted by molar-refractivity contribution is 6.08. The fourth-order valence-corrected chi connectivity index (χ4v) is 2.70. The van der Waals surface area contributed by atoms with E-state index in [1.54, 1.807) is 6.92 Å². The predicted molar refractivity (Wildman–Crippen MR) is 94.4 cm³/mol.